The number of halogens is 2. The third kappa shape index (κ3) is 5.20. The first-order valence-corrected chi connectivity index (χ1v) is 8.23. The standard InChI is InChI=1S/C17H21ClFNO3/c1-11-5-2-3-8-15(11)20-16(21)10-23-17(22)9-12-13(18)6-4-7-14(12)19/h4,6-7,11,15H,2-3,5,8-10H2,1H3,(H,20,21)/t11-,15+/m1/s1. The van der Waals surface area contributed by atoms with E-state index in [4.69, 9.17) is 16.3 Å². The molecule has 1 aromatic carbocycles. The van der Waals surface area contributed by atoms with E-state index >= 15 is 0 Å². The Morgan fingerprint density at radius 2 is 2.09 bits per heavy atom. The number of hydrogen-bond acceptors (Lipinski definition) is 3. The second-order valence-corrected chi connectivity index (χ2v) is 6.38. The van der Waals surface area contributed by atoms with Crippen molar-refractivity contribution >= 4 is 23.5 Å². The number of esters is 1. The van der Waals surface area contributed by atoms with Crippen molar-refractivity contribution in [2.75, 3.05) is 6.61 Å². The fourth-order valence-electron chi connectivity index (χ4n) is 2.82. The molecule has 0 aliphatic heterocycles. The van der Waals surface area contributed by atoms with Crippen molar-refractivity contribution in [2.45, 2.75) is 45.1 Å². The summed E-state index contributed by atoms with van der Waals surface area (Å²) >= 11 is 5.85. The molecule has 1 fully saturated rings. The van der Waals surface area contributed by atoms with E-state index in [1.54, 1.807) is 0 Å². The SMILES string of the molecule is C[C@@H]1CCCC[C@@H]1NC(=O)COC(=O)Cc1c(F)cccc1Cl. The quantitative estimate of drug-likeness (QED) is 0.836. The van der Waals surface area contributed by atoms with Crippen LogP contribution in [0.15, 0.2) is 18.2 Å². The van der Waals surface area contributed by atoms with Crippen molar-refractivity contribution in [3.8, 4) is 0 Å². The summed E-state index contributed by atoms with van der Waals surface area (Å²) in [6.45, 7) is 1.75. The molecule has 0 saturated heterocycles. The summed E-state index contributed by atoms with van der Waals surface area (Å²) in [6, 6.07) is 4.33. The molecule has 4 nitrogen and oxygen atoms in total. The van der Waals surface area contributed by atoms with Crippen LogP contribution in [0.2, 0.25) is 5.02 Å². The summed E-state index contributed by atoms with van der Waals surface area (Å²) in [6.07, 6.45) is 4.04. The van der Waals surface area contributed by atoms with Gasteiger partial charge in [-0.2, -0.15) is 0 Å². The van der Waals surface area contributed by atoms with Crippen LogP contribution in [0.5, 0.6) is 0 Å². The monoisotopic (exact) mass is 341 g/mol. The van der Waals surface area contributed by atoms with Crippen molar-refractivity contribution in [1.82, 2.24) is 5.32 Å². The fourth-order valence-corrected chi connectivity index (χ4v) is 3.05. The Morgan fingerprint density at radius 1 is 1.35 bits per heavy atom. The third-order valence-electron chi connectivity index (χ3n) is 4.20. The van der Waals surface area contributed by atoms with Gasteiger partial charge in [0.1, 0.15) is 5.82 Å². The summed E-state index contributed by atoms with van der Waals surface area (Å²) in [5.41, 5.74) is 0.0838. The van der Waals surface area contributed by atoms with E-state index in [-0.39, 0.29) is 35.6 Å². The maximum absolute atomic E-state index is 13.6. The Balaban J connectivity index is 1.78. The van der Waals surface area contributed by atoms with E-state index in [0.29, 0.717) is 5.92 Å². The first-order chi connectivity index (χ1) is 11.0. The second kappa shape index (κ2) is 8.29. The van der Waals surface area contributed by atoms with E-state index in [2.05, 4.69) is 12.2 Å². The van der Waals surface area contributed by atoms with Crippen LogP contribution >= 0.6 is 11.6 Å². The van der Waals surface area contributed by atoms with Gasteiger partial charge in [0.2, 0.25) is 0 Å². The normalized spacial score (nSPS) is 20.8. The number of carbonyl (C=O) groups excluding carboxylic acids is 2. The highest BCUT2D eigenvalue weighted by Gasteiger charge is 2.23. The van der Waals surface area contributed by atoms with Crippen LogP contribution in [0.4, 0.5) is 4.39 Å². The van der Waals surface area contributed by atoms with Gasteiger partial charge in [0.25, 0.3) is 5.91 Å². The highest BCUT2D eigenvalue weighted by molar-refractivity contribution is 6.31. The van der Waals surface area contributed by atoms with Crippen molar-refractivity contribution < 1.29 is 18.7 Å². The van der Waals surface area contributed by atoms with Crippen molar-refractivity contribution in [3.63, 3.8) is 0 Å². The Kier molecular flexibility index (Phi) is 6.39. The summed E-state index contributed by atoms with van der Waals surface area (Å²) in [4.78, 5) is 23.6. The number of ether oxygens (including phenoxy) is 1. The molecule has 0 spiro atoms. The molecule has 0 radical (unpaired) electrons. The molecule has 2 atom stereocenters. The molecule has 1 aromatic rings. The average Bonchev–Trinajstić information content (AvgIpc) is 2.51. The van der Waals surface area contributed by atoms with Crippen LogP contribution in [0.1, 0.15) is 38.2 Å². The van der Waals surface area contributed by atoms with Gasteiger partial charge in [-0.25, -0.2) is 4.39 Å². The molecular weight excluding hydrogens is 321 g/mol. The molecule has 1 aliphatic carbocycles. The molecule has 0 heterocycles. The van der Waals surface area contributed by atoms with E-state index in [9.17, 15) is 14.0 Å². The Bertz CT molecular complexity index is 559. The molecule has 1 amide bonds. The van der Waals surface area contributed by atoms with Gasteiger partial charge in [0.15, 0.2) is 6.61 Å². The maximum Gasteiger partial charge on any atom is 0.310 e. The van der Waals surface area contributed by atoms with Gasteiger partial charge in [-0.15, -0.1) is 0 Å². The molecule has 1 saturated carbocycles. The number of benzene rings is 1. The minimum Gasteiger partial charge on any atom is -0.455 e. The van der Waals surface area contributed by atoms with Gasteiger partial charge in [-0.3, -0.25) is 9.59 Å². The molecule has 126 valence electrons. The lowest BCUT2D eigenvalue weighted by Crippen LogP contribution is -2.43. The Hall–Kier alpha value is -1.62. The number of rotatable bonds is 5. The first-order valence-electron chi connectivity index (χ1n) is 7.85. The van der Waals surface area contributed by atoms with Crippen molar-refractivity contribution in [1.29, 1.82) is 0 Å². The zero-order valence-corrected chi connectivity index (χ0v) is 13.9. The van der Waals surface area contributed by atoms with Crippen LogP contribution in [-0.2, 0) is 20.7 Å². The predicted molar refractivity (Wildman–Crippen MR) is 85.6 cm³/mol. The van der Waals surface area contributed by atoms with Crippen molar-refractivity contribution in [2.24, 2.45) is 5.92 Å². The number of hydrogen-bond donors (Lipinski definition) is 1. The van der Waals surface area contributed by atoms with E-state index < -0.39 is 11.8 Å². The van der Waals surface area contributed by atoms with Gasteiger partial charge >= 0.3 is 5.97 Å². The smallest absolute Gasteiger partial charge is 0.310 e. The van der Waals surface area contributed by atoms with Crippen LogP contribution in [0, 0.1) is 11.7 Å². The predicted octanol–water partition coefficient (Wildman–Crippen LogP) is 3.26. The van der Waals surface area contributed by atoms with Crippen molar-refractivity contribution in [3.05, 3.63) is 34.6 Å². The summed E-state index contributed by atoms with van der Waals surface area (Å²) < 4.78 is 18.5. The van der Waals surface area contributed by atoms with Gasteiger partial charge in [0.05, 0.1) is 6.42 Å². The van der Waals surface area contributed by atoms with Gasteiger partial charge in [-0.05, 0) is 30.9 Å². The Morgan fingerprint density at radius 3 is 2.78 bits per heavy atom. The van der Waals surface area contributed by atoms with Gasteiger partial charge in [-0.1, -0.05) is 37.4 Å². The highest BCUT2D eigenvalue weighted by Crippen LogP contribution is 2.23. The lowest BCUT2D eigenvalue weighted by atomic mass is 9.86. The van der Waals surface area contributed by atoms with Crippen LogP contribution in [0.25, 0.3) is 0 Å². The molecule has 6 heteroatoms. The maximum atomic E-state index is 13.6. The lowest BCUT2D eigenvalue weighted by Gasteiger charge is -2.29. The van der Waals surface area contributed by atoms with Crippen LogP contribution < -0.4 is 5.32 Å². The number of nitrogens with one attached hydrogen (secondary N) is 1. The molecule has 2 rings (SSSR count). The fraction of sp³-hybridized carbons (Fsp3) is 0.529. The van der Waals surface area contributed by atoms with E-state index in [0.717, 1.165) is 19.3 Å². The number of carbonyl (C=O) groups is 2. The zero-order valence-electron chi connectivity index (χ0n) is 13.1. The van der Waals surface area contributed by atoms with E-state index in [1.807, 2.05) is 0 Å². The summed E-state index contributed by atoms with van der Waals surface area (Å²) in [5.74, 6) is -1.13. The largest absolute Gasteiger partial charge is 0.455 e. The Labute approximate surface area is 140 Å². The molecule has 0 unspecified atom stereocenters. The van der Waals surface area contributed by atoms with E-state index in [1.165, 1.54) is 24.6 Å². The van der Waals surface area contributed by atoms with Crippen LogP contribution in [0.3, 0.4) is 0 Å². The van der Waals surface area contributed by atoms with Gasteiger partial charge in [0, 0.05) is 16.6 Å². The summed E-state index contributed by atoms with van der Waals surface area (Å²) in [5, 5.41) is 3.06. The molecule has 23 heavy (non-hydrogen) atoms. The molecule has 1 aliphatic rings. The third-order valence-corrected chi connectivity index (χ3v) is 4.56. The lowest BCUT2D eigenvalue weighted by molar-refractivity contribution is -0.148. The minimum atomic E-state index is -0.677. The average molecular weight is 342 g/mol. The minimum absolute atomic E-state index is 0.0838. The molecule has 0 aromatic heterocycles. The second-order valence-electron chi connectivity index (χ2n) is 5.97. The highest BCUT2D eigenvalue weighted by atomic mass is 35.5. The number of amides is 1. The summed E-state index contributed by atoms with van der Waals surface area (Å²) in [7, 11) is 0. The van der Waals surface area contributed by atoms with Crippen LogP contribution in [-0.4, -0.2) is 24.5 Å². The topological polar surface area (TPSA) is 55.4 Å². The van der Waals surface area contributed by atoms with Gasteiger partial charge < -0.3 is 10.1 Å². The molecule has 0 bridgehead atoms. The zero-order chi connectivity index (χ0) is 16.8. The first kappa shape index (κ1) is 17.7. The molecule has 1 N–H and O–H groups in total. The molecular formula is C17H21ClFNO3.